The molecule has 1 aliphatic rings. The van der Waals surface area contributed by atoms with Crippen LogP contribution in [0.3, 0.4) is 0 Å². The van der Waals surface area contributed by atoms with Crippen LogP contribution in [0.5, 0.6) is 0 Å². The van der Waals surface area contributed by atoms with Crippen molar-refractivity contribution in [3.63, 3.8) is 0 Å². The summed E-state index contributed by atoms with van der Waals surface area (Å²) in [6.07, 6.45) is -0.248. The number of nitrogens with zero attached hydrogens (tertiary/aromatic N) is 3. The van der Waals surface area contributed by atoms with Gasteiger partial charge in [0.15, 0.2) is 5.96 Å². The Morgan fingerprint density at radius 3 is 2.46 bits per heavy atom. The van der Waals surface area contributed by atoms with E-state index in [9.17, 15) is 4.79 Å². The average molecular weight is 455 g/mol. The molecular weight excluding hydrogens is 421 g/mol. The van der Waals surface area contributed by atoms with E-state index < -0.39 is 5.60 Å². The van der Waals surface area contributed by atoms with Gasteiger partial charge in [0.05, 0.1) is 12.6 Å². The van der Waals surface area contributed by atoms with Crippen LogP contribution in [0.1, 0.15) is 34.6 Å². The van der Waals surface area contributed by atoms with Crippen molar-refractivity contribution in [2.45, 2.75) is 46.3 Å². The number of ether oxygens (including phenoxy) is 1. The first-order valence-electron chi connectivity index (χ1n) is 8.46. The number of hydrogen-bond donors (Lipinski definition) is 2. The molecule has 0 aromatic carbocycles. The van der Waals surface area contributed by atoms with Crippen LogP contribution in [0.25, 0.3) is 0 Å². The van der Waals surface area contributed by atoms with Crippen molar-refractivity contribution in [1.29, 1.82) is 0 Å². The number of nitrogens with one attached hydrogen (secondary N) is 2. The van der Waals surface area contributed by atoms with Crippen LogP contribution in [-0.2, 0) is 4.74 Å². The minimum Gasteiger partial charge on any atom is -0.444 e. The summed E-state index contributed by atoms with van der Waals surface area (Å²) < 4.78 is 5.35. The Bertz CT molecular complexity index is 406. The molecule has 142 valence electrons. The lowest BCUT2D eigenvalue weighted by Crippen LogP contribution is -2.63. The molecule has 1 aliphatic heterocycles. The van der Waals surface area contributed by atoms with Gasteiger partial charge in [-0.05, 0) is 41.3 Å². The highest BCUT2D eigenvalue weighted by atomic mass is 127. The number of rotatable bonds is 6. The van der Waals surface area contributed by atoms with E-state index in [1.165, 1.54) is 0 Å². The van der Waals surface area contributed by atoms with Gasteiger partial charge in [-0.1, -0.05) is 6.92 Å². The minimum absolute atomic E-state index is 0. The number of carbonyl (C=O) groups is 1. The van der Waals surface area contributed by atoms with E-state index in [1.54, 1.807) is 4.90 Å². The molecule has 0 spiro atoms. The maximum Gasteiger partial charge on any atom is 0.410 e. The van der Waals surface area contributed by atoms with Gasteiger partial charge in [-0.15, -0.1) is 24.0 Å². The van der Waals surface area contributed by atoms with E-state index in [0.29, 0.717) is 13.1 Å². The Balaban J connectivity index is 0.00000529. The summed E-state index contributed by atoms with van der Waals surface area (Å²) >= 11 is 0. The summed E-state index contributed by atoms with van der Waals surface area (Å²) in [6.45, 7) is 14.6. The first kappa shape index (κ1) is 23.2. The number of aliphatic imine (C=N–C) groups is 1. The second kappa shape index (κ2) is 11.0. The topological polar surface area (TPSA) is 69.2 Å². The fraction of sp³-hybridized carbons (Fsp3) is 0.875. The smallest absolute Gasteiger partial charge is 0.410 e. The molecule has 24 heavy (non-hydrogen) atoms. The molecule has 1 saturated heterocycles. The summed E-state index contributed by atoms with van der Waals surface area (Å²) in [7, 11) is 2.08. The van der Waals surface area contributed by atoms with Crippen LogP contribution in [0, 0.1) is 0 Å². The summed E-state index contributed by atoms with van der Waals surface area (Å²) in [5, 5.41) is 6.61. The third-order valence-electron chi connectivity index (χ3n) is 3.51. The standard InChI is InChI=1S/C16H33N5O2.HI/c1-7-17-14(18-9-10-20(6)8-2)19-13-11-21(12-13)15(22)23-16(3,4)5;/h13H,7-12H2,1-6H3,(H2,17,18,19);1H. The van der Waals surface area contributed by atoms with Gasteiger partial charge in [0.25, 0.3) is 0 Å². The molecule has 0 unspecified atom stereocenters. The fourth-order valence-electron chi connectivity index (χ4n) is 2.05. The number of carbonyl (C=O) groups excluding carboxylic acids is 1. The van der Waals surface area contributed by atoms with Crippen molar-refractivity contribution in [2.24, 2.45) is 4.99 Å². The van der Waals surface area contributed by atoms with E-state index in [2.05, 4.69) is 34.5 Å². The maximum absolute atomic E-state index is 11.9. The fourth-order valence-corrected chi connectivity index (χ4v) is 2.05. The van der Waals surface area contributed by atoms with Crippen molar-refractivity contribution in [1.82, 2.24) is 20.4 Å². The molecule has 7 nitrogen and oxygen atoms in total. The molecular formula is C16H34IN5O2. The molecule has 0 atom stereocenters. The average Bonchev–Trinajstić information content (AvgIpc) is 2.39. The van der Waals surface area contributed by atoms with Gasteiger partial charge in [0, 0.05) is 26.2 Å². The Morgan fingerprint density at radius 2 is 1.96 bits per heavy atom. The predicted molar refractivity (Wildman–Crippen MR) is 109 cm³/mol. The van der Waals surface area contributed by atoms with Crippen LogP contribution in [-0.4, -0.2) is 79.8 Å². The SMILES string of the molecule is CCNC(=NCCN(C)CC)NC1CN(C(=O)OC(C)(C)C)C1.I. The number of likely N-dealkylation sites (tertiary alicyclic amines) is 1. The highest BCUT2D eigenvalue weighted by Crippen LogP contribution is 2.15. The van der Waals surface area contributed by atoms with Gasteiger partial charge < -0.3 is 25.2 Å². The lowest BCUT2D eigenvalue weighted by Gasteiger charge is -2.40. The highest BCUT2D eigenvalue weighted by molar-refractivity contribution is 14.0. The molecule has 1 heterocycles. The van der Waals surface area contributed by atoms with Crippen LogP contribution < -0.4 is 10.6 Å². The Hall–Kier alpha value is -0.770. The van der Waals surface area contributed by atoms with Gasteiger partial charge in [-0.3, -0.25) is 4.99 Å². The molecule has 2 N–H and O–H groups in total. The van der Waals surface area contributed by atoms with Gasteiger partial charge >= 0.3 is 6.09 Å². The normalized spacial score (nSPS) is 15.6. The molecule has 0 aliphatic carbocycles. The number of likely N-dealkylation sites (N-methyl/N-ethyl adjacent to an activating group) is 1. The Kier molecular flexibility index (Phi) is 10.6. The second-order valence-electron chi connectivity index (χ2n) is 6.88. The number of amides is 1. The summed E-state index contributed by atoms with van der Waals surface area (Å²) in [5.41, 5.74) is -0.447. The molecule has 1 rings (SSSR count). The number of halogens is 1. The van der Waals surface area contributed by atoms with Crippen molar-refractivity contribution in [2.75, 3.05) is 46.3 Å². The molecule has 0 saturated carbocycles. The zero-order valence-electron chi connectivity index (χ0n) is 15.9. The summed E-state index contributed by atoms with van der Waals surface area (Å²) in [4.78, 5) is 20.4. The molecule has 0 bridgehead atoms. The Labute approximate surface area is 163 Å². The lowest BCUT2D eigenvalue weighted by atomic mass is 10.1. The van der Waals surface area contributed by atoms with E-state index in [0.717, 1.165) is 32.1 Å². The van der Waals surface area contributed by atoms with Crippen molar-refractivity contribution < 1.29 is 9.53 Å². The third-order valence-corrected chi connectivity index (χ3v) is 3.51. The minimum atomic E-state index is -0.447. The molecule has 0 radical (unpaired) electrons. The van der Waals surface area contributed by atoms with Crippen LogP contribution >= 0.6 is 24.0 Å². The maximum atomic E-state index is 11.9. The largest absolute Gasteiger partial charge is 0.444 e. The van der Waals surface area contributed by atoms with E-state index >= 15 is 0 Å². The first-order chi connectivity index (χ1) is 10.7. The molecule has 1 fully saturated rings. The van der Waals surface area contributed by atoms with Crippen molar-refractivity contribution in [3.05, 3.63) is 0 Å². The molecule has 0 aromatic rings. The van der Waals surface area contributed by atoms with Crippen molar-refractivity contribution in [3.8, 4) is 0 Å². The van der Waals surface area contributed by atoms with Crippen LogP contribution in [0.4, 0.5) is 4.79 Å². The summed E-state index contributed by atoms with van der Waals surface area (Å²) in [5.74, 6) is 0.811. The lowest BCUT2D eigenvalue weighted by molar-refractivity contribution is 0.00701. The predicted octanol–water partition coefficient (Wildman–Crippen LogP) is 1.73. The molecule has 8 heteroatoms. The van der Waals surface area contributed by atoms with Crippen LogP contribution in [0.2, 0.25) is 0 Å². The van der Waals surface area contributed by atoms with E-state index in [4.69, 9.17) is 4.74 Å². The van der Waals surface area contributed by atoms with Crippen LogP contribution in [0.15, 0.2) is 4.99 Å². The monoisotopic (exact) mass is 455 g/mol. The zero-order valence-corrected chi connectivity index (χ0v) is 18.2. The number of hydrogen-bond acceptors (Lipinski definition) is 4. The third kappa shape index (κ3) is 8.91. The van der Waals surface area contributed by atoms with Gasteiger partial charge in [-0.25, -0.2) is 4.79 Å². The molecule has 1 amide bonds. The second-order valence-corrected chi connectivity index (χ2v) is 6.88. The highest BCUT2D eigenvalue weighted by Gasteiger charge is 2.34. The molecule has 0 aromatic heterocycles. The first-order valence-corrected chi connectivity index (χ1v) is 8.46. The van der Waals surface area contributed by atoms with E-state index in [-0.39, 0.29) is 36.1 Å². The zero-order chi connectivity index (χ0) is 17.5. The van der Waals surface area contributed by atoms with Gasteiger partial charge in [0.1, 0.15) is 5.60 Å². The van der Waals surface area contributed by atoms with Crippen molar-refractivity contribution >= 4 is 36.0 Å². The number of guanidine groups is 1. The van der Waals surface area contributed by atoms with Gasteiger partial charge in [-0.2, -0.15) is 0 Å². The summed E-state index contributed by atoms with van der Waals surface area (Å²) in [6, 6.07) is 0.226. The van der Waals surface area contributed by atoms with E-state index in [1.807, 2.05) is 27.7 Å². The Morgan fingerprint density at radius 1 is 1.33 bits per heavy atom. The quantitative estimate of drug-likeness (QED) is 0.363. The van der Waals surface area contributed by atoms with Gasteiger partial charge in [0.2, 0.25) is 0 Å².